The van der Waals surface area contributed by atoms with E-state index < -0.39 is 0 Å². The molecule has 0 radical (unpaired) electrons. The van der Waals surface area contributed by atoms with Crippen LogP contribution in [0.15, 0.2) is 42.0 Å². The monoisotopic (exact) mass is 427 g/mol. The lowest BCUT2D eigenvalue weighted by atomic mass is 10.2. The highest BCUT2D eigenvalue weighted by Gasteiger charge is 2.13. The van der Waals surface area contributed by atoms with Gasteiger partial charge in [-0.25, -0.2) is 4.98 Å². The largest absolute Gasteiger partial charge is 0.492 e. The maximum Gasteiger partial charge on any atom is 0.271 e. The molecule has 1 aromatic carbocycles. The first-order valence-corrected chi connectivity index (χ1v) is 10.8. The summed E-state index contributed by atoms with van der Waals surface area (Å²) in [5.41, 5.74) is 2.30. The maximum atomic E-state index is 12.5. The van der Waals surface area contributed by atoms with Gasteiger partial charge < -0.3 is 14.8 Å². The lowest BCUT2D eigenvalue weighted by Gasteiger charge is -2.26. The first kappa shape index (κ1) is 20.5. The third-order valence-corrected chi connectivity index (χ3v) is 5.71. The average molecular weight is 428 g/mol. The fourth-order valence-corrected chi connectivity index (χ4v) is 3.95. The molecule has 3 aromatic rings. The lowest BCUT2D eigenvalue weighted by molar-refractivity contribution is 0.0322. The Bertz CT molecular complexity index is 980. The first-order chi connectivity index (χ1) is 14.7. The van der Waals surface area contributed by atoms with E-state index in [1.165, 1.54) is 11.3 Å². The minimum Gasteiger partial charge on any atom is -0.492 e. The maximum absolute atomic E-state index is 12.5. The van der Waals surface area contributed by atoms with E-state index >= 15 is 0 Å². The van der Waals surface area contributed by atoms with Gasteiger partial charge in [-0.3, -0.25) is 14.4 Å². The normalized spacial score (nSPS) is 14.6. The molecule has 3 heterocycles. The molecular weight excluding hydrogens is 402 g/mol. The van der Waals surface area contributed by atoms with E-state index in [-0.39, 0.29) is 5.91 Å². The topological polar surface area (TPSA) is 81.5 Å². The molecule has 0 saturated carbocycles. The van der Waals surface area contributed by atoms with E-state index in [4.69, 9.17) is 9.47 Å². The van der Waals surface area contributed by atoms with E-state index in [9.17, 15) is 4.79 Å². The summed E-state index contributed by atoms with van der Waals surface area (Å²) in [5, 5.41) is 9.62. The van der Waals surface area contributed by atoms with Crippen LogP contribution in [0.5, 0.6) is 5.75 Å². The standard InChI is InChI=1S/C21H25N5O3S/c1-25-14-17(13-23-25)21-24-19(15-30-21)20(27)22-12-16-3-2-4-18(11-16)29-10-7-26-5-8-28-9-6-26/h2-4,11,13-15H,5-10,12H2,1H3,(H,22,27). The molecule has 2 aromatic heterocycles. The second-order valence-corrected chi connectivity index (χ2v) is 7.93. The minimum atomic E-state index is -0.194. The Hall–Kier alpha value is -2.75. The highest BCUT2D eigenvalue weighted by Crippen LogP contribution is 2.23. The van der Waals surface area contributed by atoms with Crippen molar-refractivity contribution in [1.82, 2.24) is 25.0 Å². The van der Waals surface area contributed by atoms with Crippen molar-refractivity contribution in [2.24, 2.45) is 7.05 Å². The van der Waals surface area contributed by atoms with Crippen LogP contribution in [0, 0.1) is 0 Å². The first-order valence-electron chi connectivity index (χ1n) is 9.92. The Morgan fingerprint density at radius 1 is 1.33 bits per heavy atom. The molecule has 30 heavy (non-hydrogen) atoms. The zero-order valence-corrected chi connectivity index (χ0v) is 17.7. The SMILES string of the molecule is Cn1cc(-c2nc(C(=O)NCc3cccc(OCCN4CCOCC4)c3)cs2)cn1. The Kier molecular flexibility index (Phi) is 6.73. The molecule has 1 aliphatic rings. The van der Waals surface area contributed by atoms with Crippen molar-refractivity contribution >= 4 is 17.2 Å². The lowest BCUT2D eigenvalue weighted by Crippen LogP contribution is -2.38. The molecule has 0 atom stereocenters. The number of hydrogen-bond donors (Lipinski definition) is 1. The van der Waals surface area contributed by atoms with Gasteiger partial charge in [0.05, 0.1) is 19.4 Å². The number of amides is 1. The second kappa shape index (κ2) is 9.84. The molecule has 158 valence electrons. The Morgan fingerprint density at radius 3 is 3.00 bits per heavy atom. The molecule has 9 heteroatoms. The number of nitrogens with zero attached hydrogens (tertiary/aromatic N) is 4. The van der Waals surface area contributed by atoms with Gasteiger partial charge in [-0.15, -0.1) is 11.3 Å². The van der Waals surface area contributed by atoms with E-state index in [0.29, 0.717) is 18.8 Å². The second-order valence-electron chi connectivity index (χ2n) is 7.07. The van der Waals surface area contributed by atoms with E-state index in [1.807, 2.05) is 37.5 Å². The molecule has 0 aliphatic carbocycles. The van der Waals surface area contributed by atoms with Crippen LogP contribution in [-0.4, -0.2) is 65.0 Å². The summed E-state index contributed by atoms with van der Waals surface area (Å²) >= 11 is 1.43. The zero-order valence-electron chi connectivity index (χ0n) is 16.9. The Balaban J connectivity index is 1.26. The molecule has 4 rings (SSSR count). The number of rotatable bonds is 8. The highest BCUT2D eigenvalue weighted by molar-refractivity contribution is 7.13. The minimum absolute atomic E-state index is 0.194. The van der Waals surface area contributed by atoms with Gasteiger partial charge in [-0.1, -0.05) is 12.1 Å². The van der Waals surface area contributed by atoms with Crippen LogP contribution in [0.2, 0.25) is 0 Å². The zero-order chi connectivity index (χ0) is 20.8. The fourth-order valence-electron chi connectivity index (χ4n) is 3.18. The molecule has 1 N–H and O–H groups in total. The Labute approximate surface area is 179 Å². The average Bonchev–Trinajstić information content (AvgIpc) is 3.42. The van der Waals surface area contributed by atoms with Crippen molar-refractivity contribution in [2.75, 3.05) is 39.5 Å². The van der Waals surface area contributed by atoms with Crippen molar-refractivity contribution in [3.63, 3.8) is 0 Å². The van der Waals surface area contributed by atoms with Gasteiger partial charge in [0.15, 0.2) is 0 Å². The number of hydrogen-bond acceptors (Lipinski definition) is 7. The quantitative estimate of drug-likeness (QED) is 0.594. The number of aryl methyl sites for hydroxylation is 1. The van der Waals surface area contributed by atoms with Gasteiger partial charge >= 0.3 is 0 Å². The van der Waals surface area contributed by atoms with Gasteiger partial charge in [0.1, 0.15) is 23.1 Å². The summed E-state index contributed by atoms with van der Waals surface area (Å²) < 4.78 is 13.0. The van der Waals surface area contributed by atoms with Gasteiger partial charge in [-0.05, 0) is 17.7 Å². The van der Waals surface area contributed by atoms with Crippen LogP contribution in [-0.2, 0) is 18.3 Å². The highest BCUT2D eigenvalue weighted by atomic mass is 32.1. The van der Waals surface area contributed by atoms with E-state index in [1.54, 1.807) is 16.3 Å². The molecule has 1 aliphatic heterocycles. The van der Waals surface area contributed by atoms with Gasteiger partial charge in [0.25, 0.3) is 5.91 Å². The number of morpholine rings is 1. The van der Waals surface area contributed by atoms with Crippen LogP contribution >= 0.6 is 11.3 Å². The number of thiazole rings is 1. The molecule has 1 amide bonds. The number of carbonyl (C=O) groups is 1. The fraction of sp³-hybridized carbons (Fsp3) is 0.381. The predicted octanol–water partition coefficient (Wildman–Crippen LogP) is 2.18. The van der Waals surface area contributed by atoms with Gasteiger partial charge in [-0.2, -0.15) is 5.10 Å². The number of nitrogens with one attached hydrogen (secondary N) is 1. The summed E-state index contributed by atoms with van der Waals surface area (Å²) in [6.07, 6.45) is 3.62. The van der Waals surface area contributed by atoms with E-state index in [0.717, 1.165) is 54.7 Å². The van der Waals surface area contributed by atoms with Crippen LogP contribution in [0.25, 0.3) is 10.6 Å². The van der Waals surface area contributed by atoms with Crippen LogP contribution < -0.4 is 10.1 Å². The van der Waals surface area contributed by atoms with Crippen molar-refractivity contribution in [3.05, 3.63) is 53.3 Å². The molecule has 0 bridgehead atoms. The number of ether oxygens (including phenoxy) is 2. The number of carbonyl (C=O) groups excluding carboxylic acids is 1. The van der Waals surface area contributed by atoms with Crippen LogP contribution in [0.1, 0.15) is 16.1 Å². The van der Waals surface area contributed by atoms with Gasteiger partial charge in [0, 0.05) is 50.4 Å². The molecule has 1 fully saturated rings. The number of benzene rings is 1. The molecule has 0 unspecified atom stereocenters. The van der Waals surface area contributed by atoms with Crippen molar-refractivity contribution in [3.8, 4) is 16.3 Å². The molecule has 1 saturated heterocycles. The molecule has 0 spiro atoms. The van der Waals surface area contributed by atoms with Crippen molar-refractivity contribution in [2.45, 2.75) is 6.54 Å². The van der Waals surface area contributed by atoms with E-state index in [2.05, 4.69) is 20.3 Å². The van der Waals surface area contributed by atoms with Crippen LogP contribution in [0.4, 0.5) is 0 Å². The van der Waals surface area contributed by atoms with Gasteiger partial charge in [0.2, 0.25) is 0 Å². The third kappa shape index (κ3) is 5.44. The van der Waals surface area contributed by atoms with Crippen LogP contribution in [0.3, 0.4) is 0 Å². The Morgan fingerprint density at radius 2 is 2.20 bits per heavy atom. The summed E-state index contributed by atoms with van der Waals surface area (Å²) in [5.74, 6) is 0.613. The predicted molar refractivity (Wildman–Crippen MR) is 115 cm³/mol. The molecular formula is C21H25N5O3S. The summed E-state index contributed by atoms with van der Waals surface area (Å²) in [4.78, 5) is 19.2. The van der Waals surface area contributed by atoms with Crippen molar-refractivity contribution in [1.29, 1.82) is 0 Å². The third-order valence-electron chi connectivity index (χ3n) is 4.82. The number of aromatic nitrogens is 3. The summed E-state index contributed by atoms with van der Waals surface area (Å²) in [7, 11) is 1.85. The summed E-state index contributed by atoms with van der Waals surface area (Å²) in [6.45, 7) is 5.41. The van der Waals surface area contributed by atoms with Crippen molar-refractivity contribution < 1.29 is 14.3 Å². The summed E-state index contributed by atoms with van der Waals surface area (Å²) in [6, 6.07) is 7.80. The molecule has 8 nitrogen and oxygen atoms in total. The smallest absolute Gasteiger partial charge is 0.271 e.